The van der Waals surface area contributed by atoms with Gasteiger partial charge < -0.3 is 4.90 Å². The number of fused-ring (bicyclic) bond motifs is 1. The Balaban J connectivity index is 2.26. The van der Waals surface area contributed by atoms with Crippen molar-refractivity contribution < 1.29 is 4.79 Å². The third-order valence-electron chi connectivity index (χ3n) is 3.24. The molecule has 1 aliphatic rings. The van der Waals surface area contributed by atoms with Crippen molar-refractivity contribution in [2.24, 2.45) is 5.92 Å². The lowest BCUT2D eigenvalue weighted by Gasteiger charge is -2.18. The number of hydrogen-bond donors (Lipinski definition) is 0. The molecule has 1 aromatic rings. The molecule has 1 aromatic carbocycles. The molecule has 0 saturated carbocycles. The molecule has 16 heavy (non-hydrogen) atoms. The second-order valence-corrected chi connectivity index (χ2v) is 4.87. The van der Waals surface area contributed by atoms with Crippen molar-refractivity contribution in [3.8, 4) is 0 Å². The highest BCUT2D eigenvalue weighted by Crippen LogP contribution is 2.24. The van der Waals surface area contributed by atoms with Gasteiger partial charge in [0.25, 0.3) is 0 Å². The Hall–Kier alpha value is -1.15. The molecule has 86 valence electrons. The summed E-state index contributed by atoms with van der Waals surface area (Å²) in [4.78, 5) is 14.5. The van der Waals surface area contributed by atoms with E-state index in [9.17, 15) is 4.79 Å². The lowest BCUT2D eigenvalue weighted by atomic mass is 9.95. The Kier molecular flexibility index (Phi) is 3.39. The van der Waals surface area contributed by atoms with E-state index in [1.165, 1.54) is 5.56 Å². The molecule has 0 bridgehead atoms. The number of aryl methyl sites for hydroxylation is 1. The molecule has 0 amide bonds. The SMILES string of the molecule is CN(C)C[C@H]1CCCc2ccccc2C1=O. The van der Waals surface area contributed by atoms with Crippen LogP contribution in [0.4, 0.5) is 0 Å². The molecule has 0 N–H and O–H groups in total. The maximum Gasteiger partial charge on any atom is 0.167 e. The zero-order valence-electron chi connectivity index (χ0n) is 10.1. The highest BCUT2D eigenvalue weighted by atomic mass is 16.1. The number of ketones is 1. The number of Topliss-reactive ketones (excluding diaryl/α,β-unsaturated/α-hetero) is 1. The van der Waals surface area contributed by atoms with E-state index in [-0.39, 0.29) is 5.92 Å². The molecule has 0 unspecified atom stereocenters. The van der Waals surface area contributed by atoms with Crippen LogP contribution in [0.5, 0.6) is 0 Å². The smallest absolute Gasteiger partial charge is 0.167 e. The average molecular weight is 217 g/mol. The molecule has 1 atom stereocenters. The molecular weight excluding hydrogens is 198 g/mol. The third kappa shape index (κ3) is 2.33. The van der Waals surface area contributed by atoms with Gasteiger partial charge in [0, 0.05) is 18.0 Å². The summed E-state index contributed by atoms with van der Waals surface area (Å²) in [5.41, 5.74) is 2.18. The lowest BCUT2D eigenvalue weighted by molar-refractivity contribution is 0.0892. The van der Waals surface area contributed by atoms with Crippen LogP contribution in [0.15, 0.2) is 24.3 Å². The summed E-state index contributed by atoms with van der Waals surface area (Å²) >= 11 is 0. The van der Waals surface area contributed by atoms with Crippen molar-refractivity contribution in [1.82, 2.24) is 4.90 Å². The average Bonchev–Trinajstić information content (AvgIpc) is 2.40. The number of benzene rings is 1. The molecule has 0 aromatic heterocycles. The zero-order valence-corrected chi connectivity index (χ0v) is 10.1. The third-order valence-corrected chi connectivity index (χ3v) is 3.24. The Morgan fingerprint density at radius 3 is 2.81 bits per heavy atom. The minimum Gasteiger partial charge on any atom is -0.309 e. The fourth-order valence-corrected chi connectivity index (χ4v) is 2.48. The van der Waals surface area contributed by atoms with E-state index in [2.05, 4.69) is 11.0 Å². The fraction of sp³-hybridized carbons (Fsp3) is 0.500. The summed E-state index contributed by atoms with van der Waals surface area (Å²) in [6.07, 6.45) is 3.19. The van der Waals surface area contributed by atoms with Crippen LogP contribution < -0.4 is 0 Å². The van der Waals surface area contributed by atoms with Crippen molar-refractivity contribution >= 4 is 5.78 Å². The highest BCUT2D eigenvalue weighted by Gasteiger charge is 2.25. The van der Waals surface area contributed by atoms with Gasteiger partial charge >= 0.3 is 0 Å². The molecule has 0 fully saturated rings. The van der Waals surface area contributed by atoms with Crippen molar-refractivity contribution in [2.75, 3.05) is 20.6 Å². The summed E-state index contributed by atoms with van der Waals surface area (Å²) in [5, 5.41) is 0. The van der Waals surface area contributed by atoms with Crippen LogP contribution in [0.1, 0.15) is 28.8 Å². The van der Waals surface area contributed by atoms with Crippen LogP contribution >= 0.6 is 0 Å². The summed E-state index contributed by atoms with van der Waals surface area (Å²) < 4.78 is 0. The molecule has 0 radical (unpaired) electrons. The molecular formula is C14H19NO. The lowest BCUT2D eigenvalue weighted by Crippen LogP contribution is -2.27. The van der Waals surface area contributed by atoms with E-state index in [1.807, 2.05) is 32.3 Å². The minimum absolute atomic E-state index is 0.179. The van der Waals surface area contributed by atoms with Gasteiger partial charge in [-0.1, -0.05) is 24.3 Å². The maximum absolute atomic E-state index is 12.3. The van der Waals surface area contributed by atoms with Gasteiger partial charge in [-0.3, -0.25) is 4.79 Å². The summed E-state index contributed by atoms with van der Waals surface area (Å²) in [6.45, 7) is 0.868. The molecule has 2 rings (SSSR count). The molecule has 2 heteroatoms. The molecule has 0 saturated heterocycles. The van der Waals surface area contributed by atoms with Gasteiger partial charge in [-0.25, -0.2) is 0 Å². The molecule has 0 heterocycles. The first kappa shape index (κ1) is 11.3. The Morgan fingerprint density at radius 2 is 2.06 bits per heavy atom. The van der Waals surface area contributed by atoms with Crippen molar-refractivity contribution in [3.63, 3.8) is 0 Å². The standard InChI is InChI=1S/C14H19NO/c1-15(2)10-12-8-5-7-11-6-3-4-9-13(11)14(12)16/h3-4,6,9,12H,5,7-8,10H2,1-2H3/t12-/m1/s1. The summed E-state index contributed by atoms with van der Waals surface area (Å²) in [5.74, 6) is 0.514. The number of carbonyl (C=O) groups is 1. The van der Waals surface area contributed by atoms with E-state index >= 15 is 0 Å². The van der Waals surface area contributed by atoms with Crippen LogP contribution in [0.2, 0.25) is 0 Å². The van der Waals surface area contributed by atoms with Crippen LogP contribution in [-0.4, -0.2) is 31.3 Å². The van der Waals surface area contributed by atoms with Crippen molar-refractivity contribution in [1.29, 1.82) is 0 Å². The number of hydrogen-bond acceptors (Lipinski definition) is 2. The Labute approximate surface area is 97.3 Å². The number of carbonyl (C=O) groups excluding carboxylic acids is 1. The molecule has 0 spiro atoms. The largest absolute Gasteiger partial charge is 0.309 e. The topological polar surface area (TPSA) is 20.3 Å². The van der Waals surface area contributed by atoms with Crippen LogP contribution in [0.25, 0.3) is 0 Å². The van der Waals surface area contributed by atoms with Crippen molar-refractivity contribution in [3.05, 3.63) is 35.4 Å². The predicted molar refractivity (Wildman–Crippen MR) is 65.8 cm³/mol. The van der Waals surface area contributed by atoms with Gasteiger partial charge in [-0.05, 0) is 38.9 Å². The van der Waals surface area contributed by atoms with Gasteiger partial charge in [0.1, 0.15) is 0 Å². The number of nitrogens with zero attached hydrogens (tertiary/aromatic N) is 1. The van der Waals surface area contributed by atoms with Gasteiger partial charge in [0.05, 0.1) is 0 Å². The maximum atomic E-state index is 12.3. The second-order valence-electron chi connectivity index (χ2n) is 4.87. The van der Waals surface area contributed by atoms with Gasteiger partial charge in [0.15, 0.2) is 5.78 Å². The van der Waals surface area contributed by atoms with Gasteiger partial charge in [-0.15, -0.1) is 0 Å². The first-order valence-electron chi connectivity index (χ1n) is 5.95. The molecule has 0 aliphatic heterocycles. The normalized spacial score (nSPS) is 20.7. The Bertz CT molecular complexity index is 384. The van der Waals surface area contributed by atoms with Crippen molar-refractivity contribution in [2.45, 2.75) is 19.3 Å². The monoisotopic (exact) mass is 217 g/mol. The number of rotatable bonds is 2. The second kappa shape index (κ2) is 4.79. The van der Waals surface area contributed by atoms with Crippen LogP contribution in [0, 0.1) is 5.92 Å². The van der Waals surface area contributed by atoms with E-state index in [1.54, 1.807) is 0 Å². The van der Waals surface area contributed by atoms with Gasteiger partial charge in [0.2, 0.25) is 0 Å². The molecule has 2 nitrogen and oxygen atoms in total. The van der Waals surface area contributed by atoms with E-state index in [0.29, 0.717) is 5.78 Å². The summed E-state index contributed by atoms with van der Waals surface area (Å²) in [6, 6.07) is 8.06. The minimum atomic E-state index is 0.179. The Morgan fingerprint density at radius 1 is 1.31 bits per heavy atom. The highest BCUT2D eigenvalue weighted by molar-refractivity contribution is 5.99. The zero-order chi connectivity index (χ0) is 11.5. The predicted octanol–water partition coefficient (Wildman–Crippen LogP) is 2.38. The first-order chi connectivity index (χ1) is 7.68. The van der Waals surface area contributed by atoms with E-state index in [0.717, 1.165) is 31.4 Å². The molecule has 1 aliphatic carbocycles. The first-order valence-corrected chi connectivity index (χ1v) is 5.95. The quantitative estimate of drug-likeness (QED) is 0.709. The van der Waals surface area contributed by atoms with Crippen LogP contribution in [0.3, 0.4) is 0 Å². The summed E-state index contributed by atoms with van der Waals surface area (Å²) in [7, 11) is 4.06. The van der Waals surface area contributed by atoms with Crippen LogP contribution in [-0.2, 0) is 6.42 Å². The van der Waals surface area contributed by atoms with E-state index < -0.39 is 0 Å². The fourth-order valence-electron chi connectivity index (χ4n) is 2.48. The van der Waals surface area contributed by atoms with E-state index in [4.69, 9.17) is 0 Å². The van der Waals surface area contributed by atoms with Gasteiger partial charge in [-0.2, -0.15) is 0 Å².